The molecule has 1 aliphatic rings. The van der Waals surface area contributed by atoms with Gasteiger partial charge in [0.15, 0.2) is 0 Å². The molecule has 1 saturated carbocycles. The predicted molar refractivity (Wildman–Crippen MR) is 55.1 cm³/mol. The molecule has 0 aliphatic heterocycles. The monoisotopic (exact) mass is 200 g/mol. The second-order valence-electron chi connectivity index (χ2n) is 3.75. The molecule has 0 aromatic carbocycles. The summed E-state index contributed by atoms with van der Waals surface area (Å²) in [6.07, 6.45) is 4.69. The molecule has 0 aromatic heterocycles. The Bertz CT molecular complexity index is 177. The Morgan fingerprint density at radius 2 is 1.93 bits per heavy atom. The Balaban J connectivity index is 2.13. The van der Waals surface area contributed by atoms with E-state index in [0.717, 1.165) is 25.7 Å². The van der Waals surface area contributed by atoms with Gasteiger partial charge in [-0.2, -0.15) is 0 Å². The number of nitrogens with one attached hydrogen (secondary N) is 2. The quantitative estimate of drug-likeness (QED) is 0.685. The number of carbonyl (C=O) groups is 1. The fourth-order valence-electron chi connectivity index (χ4n) is 1.78. The van der Waals surface area contributed by atoms with Crippen LogP contribution < -0.4 is 10.6 Å². The van der Waals surface area contributed by atoms with E-state index < -0.39 is 0 Å². The van der Waals surface area contributed by atoms with Crippen LogP contribution in [0.15, 0.2) is 0 Å². The van der Waals surface area contributed by atoms with E-state index in [1.54, 1.807) is 7.05 Å². The zero-order valence-corrected chi connectivity index (χ0v) is 9.01. The van der Waals surface area contributed by atoms with Gasteiger partial charge in [-0.1, -0.05) is 0 Å². The third kappa shape index (κ3) is 3.64. The molecule has 0 bridgehead atoms. The lowest BCUT2D eigenvalue weighted by Gasteiger charge is -2.27. The van der Waals surface area contributed by atoms with Gasteiger partial charge in [-0.25, -0.2) is 0 Å². The topological polar surface area (TPSA) is 50.4 Å². The number of likely N-dealkylation sites (N-methyl/N-ethyl adjacent to an activating group) is 1. The molecule has 0 heterocycles. The van der Waals surface area contributed by atoms with Crippen molar-refractivity contribution in [3.63, 3.8) is 0 Å². The minimum atomic E-state index is -0.0410. The van der Waals surface area contributed by atoms with Crippen molar-refractivity contribution in [1.82, 2.24) is 10.6 Å². The van der Waals surface area contributed by atoms with E-state index in [1.807, 2.05) is 7.05 Å². The van der Waals surface area contributed by atoms with Gasteiger partial charge in [-0.3, -0.25) is 4.79 Å². The van der Waals surface area contributed by atoms with E-state index in [2.05, 4.69) is 10.6 Å². The standard InChI is InChI=1S/C10H20N2O2/c1-11-8-3-5-9(6-4-8)14-7-10(13)12-2/h8-9,11H,3-7H2,1-2H3,(H,12,13). The third-order valence-corrected chi connectivity index (χ3v) is 2.81. The summed E-state index contributed by atoms with van der Waals surface area (Å²) in [6.45, 7) is 0.200. The van der Waals surface area contributed by atoms with Crippen molar-refractivity contribution in [3.8, 4) is 0 Å². The molecule has 0 aromatic rings. The second kappa shape index (κ2) is 5.98. The Morgan fingerprint density at radius 1 is 1.29 bits per heavy atom. The minimum Gasteiger partial charge on any atom is -0.368 e. The number of hydrogen-bond acceptors (Lipinski definition) is 3. The molecule has 82 valence electrons. The van der Waals surface area contributed by atoms with Gasteiger partial charge in [0.2, 0.25) is 5.91 Å². The van der Waals surface area contributed by atoms with Crippen LogP contribution >= 0.6 is 0 Å². The molecule has 4 nitrogen and oxygen atoms in total. The van der Waals surface area contributed by atoms with Crippen molar-refractivity contribution in [2.75, 3.05) is 20.7 Å². The lowest BCUT2D eigenvalue weighted by molar-refractivity contribution is -0.127. The number of ether oxygens (including phenoxy) is 1. The molecule has 1 fully saturated rings. The van der Waals surface area contributed by atoms with Crippen LogP contribution in [0.3, 0.4) is 0 Å². The maximum absolute atomic E-state index is 10.9. The summed E-state index contributed by atoms with van der Waals surface area (Å²) in [6, 6.07) is 0.634. The first-order chi connectivity index (χ1) is 6.76. The number of carbonyl (C=O) groups excluding carboxylic acids is 1. The minimum absolute atomic E-state index is 0.0410. The highest BCUT2D eigenvalue weighted by Crippen LogP contribution is 2.20. The average molecular weight is 200 g/mol. The molecule has 14 heavy (non-hydrogen) atoms. The van der Waals surface area contributed by atoms with Crippen molar-refractivity contribution in [2.24, 2.45) is 0 Å². The van der Waals surface area contributed by atoms with Gasteiger partial charge in [-0.15, -0.1) is 0 Å². The fourth-order valence-corrected chi connectivity index (χ4v) is 1.78. The van der Waals surface area contributed by atoms with Crippen molar-refractivity contribution in [1.29, 1.82) is 0 Å². The third-order valence-electron chi connectivity index (χ3n) is 2.81. The van der Waals surface area contributed by atoms with E-state index in [1.165, 1.54) is 0 Å². The maximum Gasteiger partial charge on any atom is 0.245 e. The Labute approximate surface area is 85.4 Å². The fraction of sp³-hybridized carbons (Fsp3) is 0.900. The van der Waals surface area contributed by atoms with Gasteiger partial charge in [0.1, 0.15) is 6.61 Å². The van der Waals surface area contributed by atoms with Crippen LogP contribution in [0.2, 0.25) is 0 Å². The van der Waals surface area contributed by atoms with Crippen molar-refractivity contribution >= 4 is 5.91 Å². The first kappa shape index (κ1) is 11.5. The molecule has 1 aliphatic carbocycles. The molecule has 0 spiro atoms. The van der Waals surface area contributed by atoms with Crippen molar-refractivity contribution in [3.05, 3.63) is 0 Å². The van der Waals surface area contributed by atoms with Crippen LogP contribution in [-0.2, 0) is 9.53 Å². The normalized spacial score (nSPS) is 27.3. The molecule has 1 amide bonds. The highest BCUT2D eigenvalue weighted by atomic mass is 16.5. The van der Waals surface area contributed by atoms with Gasteiger partial charge in [0.05, 0.1) is 6.10 Å². The van der Waals surface area contributed by atoms with E-state index in [4.69, 9.17) is 4.74 Å². The molecular formula is C10H20N2O2. The molecular weight excluding hydrogens is 180 g/mol. The number of amides is 1. The van der Waals surface area contributed by atoms with Gasteiger partial charge in [0, 0.05) is 13.1 Å². The summed E-state index contributed by atoms with van der Waals surface area (Å²) in [7, 11) is 3.62. The zero-order chi connectivity index (χ0) is 10.4. The zero-order valence-electron chi connectivity index (χ0n) is 9.01. The van der Waals surface area contributed by atoms with E-state index in [9.17, 15) is 4.79 Å². The van der Waals surface area contributed by atoms with Crippen LogP contribution in [0.25, 0.3) is 0 Å². The van der Waals surface area contributed by atoms with Gasteiger partial charge >= 0.3 is 0 Å². The van der Waals surface area contributed by atoms with Crippen LogP contribution in [0.4, 0.5) is 0 Å². The molecule has 0 saturated heterocycles. The van der Waals surface area contributed by atoms with Crippen LogP contribution in [0, 0.1) is 0 Å². The summed E-state index contributed by atoms with van der Waals surface area (Å²) < 4.78 is 5.49. The summed E-state index contributed by atoms with van der Waals surface area (Å²) in [5.41, 5.74) is 0. The highest BCUT2D eigenvalue weighted by molar-refractivity contribution is 5.76. The van der Waals surface area contributed by atoms with Crippen molar-refractivity contribution < 1.29 is 9.53 Å². The van der Waals surface area contributed by atoms with Crippen LogP contribution in [0.1, 0.15) is 25.7 Å². The average Bonchev–Trinajstić information content (AvgIpc) is 2.26. The Hall–Kier alpha value is -0.610. The lowest BCUT2D eigenvalue weighted by Crippen LogP contribution is -2.34. The van der Waals surface area contributed by atoms with Gasteiger partial charge < -0.3 is 15.4 Å². The maximum atomic E-state index is 10.9. The molecule has 2 N–H and O–H groups in total. The molecule has 4 heteroatoms. The van der Waals surface area contributed by atoms with Gasteiger partial charge in [-0.05, 0) is 32.7 Å². The largest absolute Gasteiger partial charge is 0.368 e. The molecule has 0 atom stereocenters. The van der Waals surface area contributed by atoms with E-state index in [-0.39, 0.29) is 18.6 Å². The molecule has 1 rings (SSSR count). The predicted octanol–water partition coefficient (Wildman–Crippen LogP) is 0.280. The number of hydrogen-bond donors (Lipinski definition) is 2. The Morgan fingerprint density at radius 3 is 2.43 bits per heavy atom. The van der Waals surface area contributed by atoms with Crippen molar-refractivity contribution in [2.45, 2.75) is 37.8 Å². The first-order valence-corrected chi connectivity index (χ1v) is 5.25. The summed E-state index contributed by atoms with van der Waals surface area (Å²) in [4.78, 5) is 10.9. The smallest absolute Gasteiger partial charge is 0.245 e. The number of rotatable bonds is 4. The molecule has 0 radical (unpaired) electrons. The second-order valence-corrected chi connectivity index (χ2v) is 3.75. The van der Waals surface area contributed by atoms with Crippen LogP contribution in [0.5, 0.6) is 0 Å². The van der Waals surface area contributed by atoms with E-state index >= 15 is 0 Å². The first-order valence-electron chi connectivity index (χ1n) is 5.25. The van der Waals surface area contributed by atoms with E-state index in [0.29, 0.717) is 6.04 Å². The summed E-state index contributed by atoms with van der Waals surface area (Å²) >= 11 is 0. The summed E-state index contributed by atoms with van der Waals surface area (Å²) in [5.74, 6) is -0.0410. The summed E-state index contributed by atoms with van der Waals surface area (Å²) in [5, 5.41) is 5.81. The Kier molecular flexibility index (Phi) is 4.90. The van der Waals surface area contributed by atoms with Gasteiger partial charge in [0.25, 0.3) is 0 Å². The van der Waals surface area contributed by atoms with Crippen LogP contribution in [-0.4, -0.2) is 38.8 Å². The lowest BCUT2D eigenvalue weighted by atomic mass is 9.93. The SMILES string of the molecule is CNC(=O)COC1CCC(NC)CC1. The molecule has 0 unspecified atom stereocenters. The highest BCUT2D eigenvalue weighted by Gasteiger charge is 2.20.